The number of rotatable bonds is 3. The summed E-state index contributed by atoms with van der Waals surface area (Å²) < 4.78 is 7.28. The Morgan fingerprint density at radius 3 is 3.00 bits per heavy atom. The van der Waals surface area contributed by atoms with Gasteiger partial charge in [-0.15, -0.1) is 0 Å². The van der Waals surface area contributed by atoms with E-state index in [1.807, 2.05) is 0 Å². The lowest BCUT2D eigenvalue weighted by Crippen LogP contribution is -2.22. The van der Waals surface area contributed by atoms with Crippen LogP contribution in [0.25, 0.3) is 0 Å². The van der Waals surface area contributed by atoms with Crippen LogP contribution < -0.4 is 0 Å². The summed E-state index contributed by atoms with van der Waals surface area (Å²) in [5.41, 5.74) is 1.12. The molecule has 0 saturated carbocycles. The second kappa shape index (κ2) is 6.07. The predicted octanol–water partition coefficient (Wildman–Crippen LogP) is 3.58. The number of aromatic amines is 1. The lowest BCUT2D eigenvalue weighted by Gasteiger charge is -2.22. The molecule has 0 amide bonds. The van der Waals surface area contributed by atoms with Gasteiger partial charge in [0, 0.05) is 18.7 Å². The van der Waals surface area contributed by atoms with Crippen LogP contribution in [-0.4, -0.2) is 22.7 Å². The third-order valence-corrected chi connectivity index (χ3v) is 4.45. The molecule has 2 rings (SSSR count). The average Bonchev–Trinajstić information content (AvgIpc) is 2.35. The molecule has 1 N–H and O–H groups in total. The molecule has 1 aromatic heterocycles. The van der Waals surface area contributed by atoms with Crippen LogP contribution in [0.15, 0.2) is 4.47 Å². The summed E-state index contributed by atoms with van der Waals surface area (Å²) in [6.45, 7) is 2.98. The highest BCUT2D eigenvalue weighted by molar-refractivity contribution is 9.10. The van der Waals surface area contributed by atoms with Crippen LogP contribution in [0, 0.1) is 4.64 Å². The maximum absolute atomic E-state index is 5.72. The summed E-state index contributed by atoms with van der Waals surface area (Å²) in [6, 6.07) is 0. The van der Waals surface area contributed by atoms with Gasteiger partial charge in [0.05, 0.1) is 10.6 Å². The molecule has 1 aliphatic heterocycles. The molecule has 5 heteroatoms. The summed E-state index contributed by atoms with van der Waals surface area (Å²) >= 11 is 8.71. The number of aromatic nitrogens is 2. The molecule has 3 nitrogen and oxygen atoms in total. The fourth-order valence-electron chi connectivity index (χ4n) is 2.08. The molecule has 0 aliphatic carbocycles. The Morgan fingerprint density at radius 1 is 1.53 bits per heavy atom. The van der Waals surface area contributed by atoms with Crippen LogP contribution in [0.3, 0.4) is 0 Å². The second-order valence-electron chi connectivity index (χ2n) is 4.33. The number of hydrogen-bond acceptors (Lipinski definition) is 3. The molecular weight excluding hydrogens is 300 g/mol. The van der Waals surface area contributed by atoms with Gasteiger partial charge in [-0.25, -0.2) is 4.98 Å². The third kappa shape index (κ3) is 3.36. The van der Waals surface area contributed by atoms with Crippen molar-refractivity contribution < 1.29 is 4.74 Å². The van der Waals surface area contributed by atoms with Gasteiger partial charge in [0.2, 0.25) is 0 Å². The smallest absolute Gasteiger partial charge is 0.144 e. The van der Waals surface area contributed by atoms with Crippen LogP contribution >= 0.6 is 28.1 Å². The monoisotopic (exact) mass is 316 g/mol. The Morgan fingerprint density at radius 2 is 2.35 bits per heavy atom. The molecule has 1 unspecified atom stereocenters. The Balaban J connectivity index is 2.15. The zero-order valence-corrected chi connectivity index (χ0v) is 12.4. The van der Waals surface area contributed by atoms with Gasteiger partial charge >= 0.3 is 0 Å². The van der Waals surface area contributed by atoms with Crippen molar-refractivity contribution in [1.29, 1.82) is 0 Å². The van der Waals surface area contributed by atoms with Crippen molar-refractivity contribution in [3.05, 3.63) is 20.6 Å². The minimum absolute atomic E-state index is 0.299. The van der Waals surface area contributed by atoms with Gasteiger partial charge < -0.3 is 9.72 Å². The molecule has 1 atom stereocenters. The van der Waals surface area contributed by atoms with Crippen molar-refractivity contribution >= 4 is 28.1 Å². The van der Waals surface area contributed by atoms with E-state index in [2.05, 4.69) is 32.8 Å². The van der Waals surface area contributed by atoms with E-state index in [0.29, 0.717) is 10.7 Å². The summed E-state index contributed by atoms with van der Waals surface area (Å²) in [7, 11) is 0. The first-order valence-electron chi connectivity index (χ1n) is 6.10. The number of nitrogens with zero attached hydrogens (tertiary/aromatic N) is 1. The molecule has 1 saturated heterocycles. The summed E-state index contributed by atoms with van der Waals surface area (Å²) in [4.78, 5) is 7.75. The van der Waals surface area contributed by atoms with Gasteiger partial charge in [0.25, 0.3) is 0 Å². The second-order valence-corrected chi connectivity index (χ2v) is 5.51. The van der Waals surface area contributed by atoms with E-state index in [1.165, 1.54) is 12.8 Å². The predicted molar refractivity (Wildman–Crippen MR) is 73.8 cm³/mol. The van der Waals surface area contributed by atoms with Crippen molar-refractivity contribution in [2.75, 3.05) is 6.61 Å². The van der Waals surface area contributed by atoms with Crippen molar-refractivity contribution in [1.82, 2.24) is 9.97 Å². The van der Waals surface area contributed by atoms with Crippen LogP contribution in [0.2, 0.25) is 0 Å². The van der Waals surface area contributed by atoms with E-state index in [1.54, 1.807) is 0 Å². The summed E-state index contributed by atoms with van der Waals surface area (Å²) in [6.07, 6.45) is 5.62. The molecular formula is C12H17BrN2OS. The average molecular weight is 317 g/mol. The minimum Gasteiger partial charge on any atom is -0.378 e. The Labute approximate surface area is 115 Å². The molecule has 1 aromatic rings. The molecule has 17 heavy (non-hydrogen) atoms. The van der Waals surface area contributed by atoms with E-state index >= 15 is 0 Å². The molecule has 0 spiro atoms. The number of H-pyrrole nitrogens is 1. The highest BCUT2D eigenvalue weighted by Gasteiger charge is 2.16. The minimum atomic E-state index is 0.299. The van der Waals surface area contributed by atoms with Crippen LogP contribution in [-0.2, 0) is 17.6 Å². The van der Waals surface area contributed by atoms with E-state index in [9.17, 15) is 0 Å². The fourth-order valence-corrected chi connectivity index (χ4v) is 2.78. The maximum Gasteiger partial charge on any atom is 0.144 e. The Bertz CT molecular complexity index is 441. The van der Waals surface area contributed by atoms with Gasteiger partial charge in [0.1, 0.15) is 10.5 Å². The van der Waals surface area contributed by atoms with Crippen molar-refractivity contribution in [3.8, 4) is 0 Å². The largest absolute Gasteiger partial charge is 0.378 e. The zero-order chi connectivity index (χ0) is 12.3. The van der Waals surface area contributed by atoms with Gasteiger partial charge in [-0.05, 0) is 41.6 Å². The molecule has 94 valence electrons. The molecule has 1 fully saturated rings. The van der Waals surface area contributed by atoms with E-state index in [0.717, 1.165) is 41.9 Å². The summed E-state index contributed by atoms with van der Waals surface area (Å²) in [5, 5.41) is 0. The van der Waals surface area contributed by atoms with E-state index < -0.39 is 0 Å². The van der Waals surface area contributed by atoms with Crippen LogP contribution in [0.5, 0.6) is 0 Å². The number of aryl methyl sites for hydroxylation is 1. The fraction of sp³-hybridized carbons (Fsp3) is 0.667. The SMILES string of the molecule is CCc1[nH]c(CC2CCCCO2)nc(=S)c1Br. The van der Waals surface area contributed by atoms with Gasteiger partial charge in [-0.2, -0.15) is 0 Å². The molecule has 0 radical (unpaired) electrons. The van der Waals surface area contributed by atoms with Crippen molar-refractivity contribution in [2.24, 2.45) is 0 Å². The standard InChI is InChI=1S/C12H17BrN2OS/c1-2-9-11(13)12(17)15-10(14-9)7-8-5-3-4-6-16-8/h8H,2-7H2,1H3,(H,14,15,17). The van der Waals surface area contributed by atoms with E-state index in [-0.39, 0.29) is 0 Å². The highest BCUT2D eigenvalue weighted by atomic mass is 79.9. The highest BCUT2D eigenvalue weighted by Crippen LogP contribution is 2.19. The van der Waals surface area contributed by atoms with Crippen LogP contribution in [0.4, 0.5) is 0 Å². The number of hydrogen-bond donors (Lipinski definition) is 1. The third-order valence-electron chi connectivity index (χ3n) is 3.03. The molecule has 2 heterocycles. The van der Waals surface area contributed by atoms with Gasteiger partial charge in [-0.1, -0.05) is 19.1 Å². The Kier molecular flexibility index (Phi) is 4.70. The topological polar surface area (TPSA) is 37.9 Å². The molecule has 1 aliphatic rings. The van der Waals surface area contributed by atoms with Gasteiger partial charge in [0.15, 0.2) is 0 Å². The normalized spacial score (nSPS) is 20.5. The van der Waals surface area contributed by atoms with Gasteiger partial charge in [-0.3, -0.25) is 0 Å². The first-order valence-corrected chi connectivity index (χ1v) is 7.30. The molecule has 0 aromatic carbocycles. The zero-order valence-electron chi connectivity index (χ0n) is 9.96. The van der Waals surface area contributed by atoms with Crippen molar-refractivity contribution in [2.45, 2.75) is 45.1 Å². The molecule has 0 bridgehead atoms. The lowest BCUT2D eigenvalue weighted by molar-refractivity contribution is 0.0156. The van der Waals surface area contributed by atoms with Crippen LogP contribution in [0.1, 0.15) is 37.7 Å². The Hall–Kier alpha value is -0.260. The summed E-state index contributed by atoms with van der Waals surface area (Å²) in [5.74, 6) is 0.946. The number of nitrogens with one attached hydrogen (secondary N) is 1. The quantitative estimate of drug-likeness (QED) is 0.866. The van der Waals surface area contributed by atoms with Crippen molar-refractivity contribution in [3.63, 3.8) is 0 Å². The lowest BCUT2D eigenvalue weighted by atomic mass is 10.1. The van der Waals surface area contributed by atoms with E-state index in [4.69, 9.17) is 17.0 Å². The number of halogens is 1. The first kappa shape index (κ1) is 13.2. The number of ether oxygens (including phenoxy) is 1. The maximum atomic E-state index is 5.72. The first-order chi connectivity index (χ1) is 8.20.